The van der Waals surface area contributed by atoms with E-state index in [1.54, 1.807) is 25.3 Å². The third kappa shape index (κ3) is 3.88. The average Bonchev–Trinajstić information content (AvgIpc) is 2.63. The van der Waals surface area contributed by atoms with Crippen molar-refractivity contribution >= 4 is 33.2 Å². The summed E-state index contributed by atoms with van der Waals surface area (Å²) in [5.41, 5.74) is 2.48. The fraction of sp³-hybridized carbons (Fsp3) is 0.278. The minimum atomic E-state index is -0.155. The van der Waals surface area contributed by atoms with Crippen molar-refractivity contribution in [3.63, 3.8) is 0 Å². The van der Waals surface area contributed by atoms with E-state index in [1.165, 1.54) is 0 Å². The lowest BCUT2D eigenvalue weighted by atomic mass is 10.2. The van der Waals surface area contributed by atoms with Gasteiger partial charge in [0.25, 0.3) is 5.91 Å². The lowest BCUT2D eigenvalue weighted by molar-refractivity contribution is 0.102. The molecule has 1 fully saturated rings. The van der Waals surface area contributed by atoms with Crippen LogP contribution in [0, 0.1) is 0 Å². The molecule has 1 amide bonds. The van der Waals surface area contributed by atoms with Gasteiger partial charge in [0.1, 0.15) is 5.75 Å². The van der Waals surface area contributed by atoms with Crippen LogP contribution in [-0.4, -0.2) is 39.3 Å². The standard InChI is InChI=1S/C18H19BrN2O3/c1-23-17-7-2-13(12-16(17)19)18(22)20-14-3-5-15(6-4-14)21-8-10-24-11-9-21/h2-7,12H,8-11H2,1H3,(H,20,22). The Morgan fingerprint density at radius 3 is 2.50 bits per heavy atom. The van der Waals surface area contributed by atoms with Gasteiger partial charge in [-0.15, -0.1) is 0 Å². The molecule has 0 atom stereocenters. The second-order valence-corrected chi connectivity index (χ2v) is 6.30. The summed E-state index contributed by atoms with van der Waals surface area (Å²) in [6.45, 7) is 3.30. The highest BCUT2D eigenvalue weighted by molar-refractivity contribution is 9.10. The summed E-state index contributed by atoms with van der Waals surface area (Å²) in [4.78, 5) is 14.6. The maximum absolute atomic E-state index is 12.4. The first kappa shape index (κ1) is 16.8. The molecule has 1 saturated heterocycles. The third-order valence-electron chi connectivity index (χ3n) is 3.92. The van der Waals surface area contributed by atoms with E-state index < -0.39 is 0 Å². The van der Waals surface area contributed by atoms with Crippen molar-refractivity contribution in [2.45, 2.75) is 0 Å². The van der Waals surface area contributed by atoms with Crippen molar-refractivity contribution < 1.29 is 14.3 Å². The Hall–Kier alpha value is -2.05. The number of benzene rings is 2. The predicted molar refractivity (Wildman–Crippen MR) is 98.1 cm³/mol. The molecule has 0 radical (unpaired) electrons. The molecule has 0 saturated carbocycles. The van der Waals surface area contributed by atoms with Crippen LogP contribution in [0.5, 0.6) is 5.75 Å². The van der Waals surface area contributed by atoms with Gasteiger partial charge in [0.15, 0.2) is 0 Å². The summed E-state index contributed by atoms with van der Waals surface area (Å²) in [6.07, 6.45) is 0. The molecule has 1 aliphatic rings. The third-order valence-corrected chi connectivity index (χ3v) is 4.54. The lowest BCUT2D eigenvalue weighted by Gasteiger charge is -2.28. The van der Waals surface area contributed by atoms with Gasteiger partial charge < -0.3 is 19.7 Å². The van der Waals surface area contributed by atoms with E-state index in [0.717, 1.165) is 42.2 Å². The van der Waals surface area contributed by atoms with E-state index >= 15 is 0 Å². The van der Waals surface area contributed by atoms with Gasteiger partial charge in [-0.25, -0.2) is 0 Å². The molecule has 0 unspecified atom stereocenters. The summed E-state index contributed by atoms with van der Waals surface area (Å²) in [5, 5.41) is 2.91. The summed E-state index contributed by atoms with van der Waals surface area (Å²) in [6, 6.07) is 13.1. The zero-order valence-electron chi connectivity index (χ0n) is 13.4. The fourth-order valence-corrected chi connectivity index (χ4v) is 3.13. The Bertz CT molecular complexity index is 713. The van der Waals surface area contributed by atoms with Crippen molar-refractivity contribution in [2.75, 3.05) is 43.6 Å². The minimum absolute atomic E-state index is 0.155. The van der Waals surface area contributed by atoms with Crippen molar-refractivity contribution in [3.05, 3.63) is 52.5 Å². The number of amides is 1. The highest BCUT2D eigenvalue weighted by atomic mass is 79.9. The molecule has 1 N–H and O–H groups in total. The number of hydrogen-bond acceptors (Lipinski definition) is 4. The number of nitrogens with one attached hydrogen (secondary N) is 1. The molecular formula is C18H19BrN2O3. The van der Waals surface area contributed by atoms with Gasteiger partial charge in [-0.05, 0) is 58.4 Å². The Kier molecular flexibility index (Phi) is 5.37. The van der Waals surface area contributed by atoms with Crippen molar-refractivity contribution in [2.24, 2.45) is 0 Å². The van der Waals surface area contributed by atoms with Gasteiger partial charge in [-0.3, -0.25) is 4.79 Å². The molecule has 1 aliphatic heterocycles. The number of halogens is 1. The second-order valence-electron chi connectivity index (χ2n) is 5.45. The Morgan fingerprint density at radius 1 is 1.17 bits per heavy atom. The zero-order valence-corrected chi connectivity index (χ0v) is 15.0. The van der Waals surface area contributed by atoms with Crippen LogP contribution in [-0.2, 0) is 4.74 Å². The van der Waals surface area contributed by atoms with E-state index in [2.05, 4.69) is 26.1 Å². The zero-order chi connectivity index (χ0) is 16.9. The first-order valence-electron chi connectivity index (χ1n) is 7.75. The SMILES string of the molecule is COc1ccc(C(=O)Nc2ccc(N3CCOCC3)cc2)cc1Br. The quantitative estimate of drug-likeness (QED) is 0.866. The first-order valence-corrected chi connectivity index (χ1v) is 8.54. The van der Waals surface area contributed by atoms with Gasteiger partial charge in [-0.1, -0.05) is 0 Å². The highest BCUT2D eigenvalue weighted by Gasteiger charge is 2.12. The van der Waals surface area contributed by atoms with Crippen LogP contribution in [0.15, 0.2) is 46.9 Å². The van der Waals surface area contributed by atoms with E-state index in [1.807, 2.05) is 24.3 Å². The van der Waals surface area contributed by atoms with E-state index in [0.29, 0.717) is 11.3 Å². The number of methoxy groups -OCH3 is 1. The van der Waals surface area contributed by atoms with Gasteiger partial charge in [0.05, 0.1) is 24.8 Å². The van der Waals surface area contributed by atoms with Crippen LogP contribution in [0.3, 0.4) is 0 Å². The average molecular weight is 391 g/mol. The number of carbonyl (C=O) groups is 1. The fourth-order valence-electron chi connectivity index (χ4n) is 2.59. The number of carbonyl (C=O) groups excluding carboxylic acids is 1. The Labute approximate surface area is 149 Å². The van der Waals surface area contributed by atoms with Crippen molar-refractivity contribution in [1.29, 1.82) is 0 Å². The molecule has 24 heavy (non-hydrogen) atoms. The predicted octanol–water partition coefficient (Wildman–Crippen LogP) is 3.55. The molecule has 2 aromatic rings. The summed E-state index contributed by atoms with van der Waals surface area (Å²) >= 11 is 3.39. The maximum atomic E-state index is 12.4. The van der Waals surface area contributed by atoms with Crippen LogP contribution >= 0.6 is 15.9 Å². The van der Waals surface area contributed by atoms with Gasteiger partial charge in [0.2, 0.25) is 0 Å². The molecule has 0 aliphatic carbocycles. The molecule has 0 aromatic heterocycles. The molecule has 3 rings (SSSR count). The first-order chi connectivity index (χ1) is 11.7. The highest BCUT2D eigenvalue weighted by Crippen LogP contribution is 2.26. The summed E-state index contributed by atoms with van der Waals surface area (Å²) in [7, 11) is 1.59. The molecule has 0 spiro atoms. The largest absolute Gasteiger partial charge is 0.496 e. The van der Waals surface area contributed by atoms with Crippen LogP contribution in [0.2, 0.25) is 0 Å². The molecular weight excluding hydrogens is 372 g/mol. The van der Waals surface area contributed by atoms with Crippen LogP contribution < -0.4 is 15.0 Å². The molecule has 0 bridgehead atoms. The van der Waals surface area contributed by atoms with E-state index in [4.69, 9.17) is 9.47 Å². The molecule has 5 nitrogen and oxygen atoms in total. The summed E-state index contributed by atoms with van der Waals surface area (Å²) < 4.78 is 11.3. The number of hydrogen-bond donors (Lipinski definition) is 1. The Morgan fingerprint density at radius 2 is 1.88 bits per heavy atom. The smallest absolute Gasteiger partial charge is 0.255 e. The van der Waals surface area contributed by atoms with Crippen LogP contribution in [0.25, 0.3) is 0 Å². The number of nitrogens with zero attached hydrogens (tertiary/aromatic N) is 1. The van der Waals surface area contributed by atoms with Gasteiger partial charge >= 0.3 is 0 Å². The number of ether oxygens (including phenoxy) is 2. The summed E-state index contributed by atoms with van der Waals surface area (Å²) in [5.74, 6) is 0.541. The number of morpholine rings is 1. The number of rotatable bonds is 4. The van der Waals surface area contributed by atoms with E-state index in [-0.39, 0.29) is 5.91 Å². The lowest BCUT2D eigenvalue weighted by Crippen LogP contribution is -2.36. The number of anilines is 2. The van der Waals surface area contributed by atoms with Crippen molar-refractivity contribution in [1.82, 2.24) is 0 Å². The van der Waals surface area contributed by atoms with Crippen LogP contribution in [0.1, 0.15) is 10.4 Å². The monoisotopic (exact) mass is 390 g/mol. The molecule has 1 heterocycles. The van der Waals surface area contributed by atoms with Gasteiger partial charge in [-0.2, -0.15) is 0 Å². The minimum Gasteiger partial charge on any atom is -0.496 e. The topological polar surface area (TPSA) is 50.8 Å². The van der Waals surface area contributed by atoms with E-state index in [9.17, 15) is 4.79 Å². The molecule has 126 valence electrons. The van der Waals surface area contributed by atoms with Crippen LogP contribution in [0.4, 0.5) is 11.4 Å². The van der Waals surface area contributed by atoms with Crippen molar-refractivity contribution in [3.8, 4) is 5.75 Å². The Balaban J connectivity index is 1.67. The molecule has 6 heteroatoms. The normalized spacial score (nSPS) is 14.3. The van der Waals surface area contributed by atoms with Gasteiger partial charge in [0, 0.05) is 30.0 Å². The molecule has 2 aromatic carbocycles. The second kappa shape index (κ2) is 7.68. The maximum Gasteiger partial charge on any atom is 0.255 e.